The molecule has 0 aliphatic carbocycles. The lowest BCUT2D eigenvalue weighted by molar-refractivity contribution is -0.160. The molecule has 0 radical (unpaired) electrons. The van der Waals surface area contributed by atoms with Gasteiger partial charge in [-0.3, -0.25) is 4.79 Å². The Balaban J connectivity index is 3.06. The van der Waals surface area contributed by atoms with Crippen molar-refractivity contribution in [1.29, 1.82) is 5.26 Å². The number of nitrogens with zero attached hydrogens (tertiary/aromatic N) is 2. The van der Waals surface area contributed by atoms with Gasteiger partial charge in [-0.05, 0) is 40.5 Å². The van der Waals surface area contributed by atoms with Crippen molar-refractivity contribution in [2.45, 2.75) is 58.6 Å². The van der Waals surface area contributed by atoms with E-state index in [2.05, 4.69) is 6.07 Å². The van der Waals surface area contributed by atoms with Gasteiger partial charge in [-0.15, -0.1) is 0 Å². The van der Waals surface area contributed by atoms with Crippen LogP contribution in [0.3, 0.4) is 0 Å². The fourth-order valence-corrected chi connectivity index (χ4v) is 2.69. The maximum absolute atomic E-state index is 12.6. The molecule has 1 fully saturated rings. The largest absolute Gasteiger partial charge is 0.469 e. The molecule has 0 N–H and O–H groups in total. The van der Waals surface area contributed by atoms with E-state index in [1.807, 2.05) is 0 Å². The Morgan fingerprint density at radius 2 is 1.92 bits per heavy atom. The maximum Gasteiger partial charge on any atom is 0.410 e. The Bertz CT molecular complexity index is 486. The van der Waals surface area contributed by atoms with Crippen molar-refractivity contribution >= 4 is 12.1 Å². The lowest BCUT2D eigenvalue weighted by Crippen LogP contribution is -2.52. The van der Waals surface area contributed by atoms with Crippen LogP contribution in [0, 0.1) is 16.7 Å². The Morgan fingerprint density at radius 3 is 2.38 bits per heavy atom. The van der Waals surface area contributed by atoms with E-state index in [9.17, 15) is 9.59 Å². The van der Waals surface area contributed by atoms with Crippen LogP contribution in [0.1, 0.15) is 47.0 Å². The van der Waals surface area contributed by atoms with Crippen molar-refractivity contribution in [2.75, 3.05) is 26.9 Å². The number of amides is 1. The first kappa shape index (κ1) is 20.2. The van der Waals surface area contributed by atoms with Crippen LogP contribution in [0.15, 0.2) is 0 Å². The molecular weight excluding hydrogens is 312 g/mol. The minimum Gasteiger partial charge on any atom is -0.469 e. The van der Waals surface area contributed by atoms with Crippen LogP contribution in [0.25, 0.3) is 0 Å². The molecule has 1 amide bonds. The summed E-state index contributed by atoms with van der Waals surface area (Å²) in [7, 11) is 1.34. The van der Waals surface area contributed by atoms with Gasteiger partial charge in [0.05, 0.1) is 25.0 Å². The van der Waals surface area contributed by atoms with Crippen molar-refractivity contribution in [2.24, 2.45) is 5.41 Å². The molecule has 0 aromatic carbocycles. The van der Waals surface area contributed by atoms with E-state index in [4.69, 9.17) is 19.5 Å². The predicted octanol–water partition coefficient (Wildman–Crippen LogP) is 2.50. The van der Waals surface area contributed by atoms with E-state index in [0.717, 1.165) is 0 Å². The zero-order valence-corrected chi connectivity index (χ0v) is 15.3. The average molecular weight is 340 g/mol. The van der Waals surface area contributed by atoms with Gasteiger partial charge in [0, 0.05) is 25.8 Å². The zero-order chi connectivity index (χ0) is 18.4. The van der Waals surface area contributed by atoms with Crippen molar-refractivity contribution < 1.29 is 23.8 Å². The van der Waals surface area contributed by atoms with Crippen molar-refractivity contribution in [3.8, 4) is 6.07 Å². The highest BCUT2D eigenvalue weighted by atomic mass is 16.6. The molecule has 1 atom stereocenters. The van der Waals surface area contributed by atoms with E-state index in [1.165, 1.54) is 12.0 Å². The third-order valence-corrected chi connectivity index (χ3v) is 4.09. The summed E-state index contributed by atoms with van der Waals surface area (Å²) < 4.78 is 15.8. The summed E-state index contributed by atoms with van der Waals surface area (Å²) >= 11 is 0. The standard InChI is InChI=1S/C17H28N2O5/c1-13(6-9-18)19(15(21)24-16(2,3)4)12-17(14(20)22-5)7-10-23-11-8-17/h13H,6-8,10-12H2,1-5H3/t13-/m0/s1. The van der Waals surface area contributed by atoms with E-state index in [0.29, 0.717) is 26.1 Å². The Hall–Kier alpha value is -1.81. The number of hydrogen-bond acceptors (Lipinski definition) is 6. The first-order chi connectivity index (χ1) is 11.1. The van der Waals surface area contributed by atoms with Crippen LogP contribution in [0.2, 0.25) is 0 Å². The van der Waals surface area contributed by atoms with Gasteiger partial charge in [0.25, 0.3) is 0 Å². The Kier molecular flexibility index (Phi) is 7.03. The number of carbonyl (C=O) groups is 2. The topological polar surface area (TPSA) is 88.9 Å². The maximum atomic E-state index is 12.6. The fraction of sp³-hybridized carbons (Fsp3) is 0.824. The number of nitriles is 1. The summed E-state index contributed by atoms with van der Waals surface area (Å²) in [6.07, 6.45) is 0.573. The zero-order valence-electron chi connectivity index (χ0n) is 15.3. The van der Waals surface area contributed by atoms with Crippen LogP contribution >= 0.6 is 0 Å². The third-order valence-electron chi connectivity index (χ3n) is 4.09. The summed E-state index contributed by atoms with van der Waals surface area (Å²) in [4.78, 5) is 26.5. The number of carbonyl (C=O) groups excluding carboxylic acids is 2. The summed E-state index contributed by atoms with van der Waals surface area (Å²) in [5, 5.41) is 8.98. The molecule has 7 nitrogen and oxygen atoms in total. The molecule has 136 valence electrons. The minimum atomic E-state index is -0.826. The van der Waals surface area contributed by atoms with Crippen LogP contribution in [0.5, 0.6) is 0 Å². The van der Waals surface area contributed by atoms with Gasteiger partial charge in [0.1, 0.15) is 5.60 Å². The van der Waals surface area contributed by atoms with E-state index in [1.54, 1.807) is 27.7 Å². The molecule has 0 spiro atoms. The SMILES string of the molecule is COC(=O)C1(CN(C(=O)OC(C)(C)C)[C@@H](C)CC#N)CCOCC1. The molecule has 1 aliphatic heterocycles. The number of ether oxygens (including phenoxy) is 3. The van der Waals surface area contributed by atoms with Gasteiger partial charge in [-0.2, -0.15) is 5.26 Å². The molecular formula is C17H28N2O5. The Morgan fingerprint density at radius 1 is 1.33 bits per heavy atom. The monoisotopic (exact) mass is 340 g/mol. The number of esters is 1. The molecule has 0 aromatic heterocycles. The van der Waals surface area contributed by atoms with Crippen molar-refractivity contribution in [3.05, 3.63) is 0 Å². The van der Waals surface area contributed by atoms with Crippen LogP contribution in [-0.2, 0) is 19.0 Å². The van der Waals surface area contributed by atoms with Gasteiger partial charge < -0.3 is 19.1 Å². The van der Waals surface area contributed by atoms with Crippen LogP contribution < -0.4 is 0 Å². The molecule has 0 bridgehead atoms. The second kappa shape index (κ2) is 8.34. The molecule has 0 saturated carbocycles. The second-order valence-electron chi connectivity index (χ2n) is 7.20. The third kappa shape index (κ3) is 5.38. The minimum absolute atomic E-state index is 0.154. The normalized spacial score (nSPS) is 18.2. The molecule has 0 aromatic rings. The summed E-state index contributed by atoms with van der Waals surface area (Å²) in [6.45, 7) is 8.14. The van der Waals surface area contributed by atoms with Gasteiger partial charge in [-0.25, -0.2) is 4.79 Å². The van der Waals surface area contributed by atoms with Gasteiger partial charge in [0.2, 0.25) is 0 Å². The van der Waals surface area contributed by atoms with Gasteiger partial charge in [-0.1, -0.05) is 0 Å². The highest BCUT2D eigenvalue weighted by Crippen LogP contribution is 2.34. The highest BCUT2D eigenvalue weighted by molar-refractivity contribution is 5.78. The Labute approximate surface area is 143 Å². The smallest absolute Gasteiger partial charge is 0.410 e. The summed E-state index contributed by atoms with van der Waals surface area (Å²) in [5.74, 6) is -0.358. The average Bonchev–Trinajstić information content (AvgIpc) is 2.51. The quantitative estimate of drug-likeness (QED) is 0.714. The fourth-order valence-electron chi connectivity index (χ4n) is 2.69. The van der Waals surface area contributed by atoms with Crippen molar-refractivity contribution in [3.63, 3.8) is 0 Å². The summed E-state index contributed by atoms with van der Waals surface area (Å²) in [6, 6.07) is 1.70. The van der Waals surface area contributed by atoms with Crippen LogP contribution in [0.4, 0.5) is 4.79 Å². The number of methoxy groups -OCH3 is 1. The lowest BCUT2D eigenvalue weighted by atomic mass is 9.79. The molecule has 1 aliphatic rings. The predicted molar refractivity (Wildman–Crippen MR) is 87.1 cm³/mol. The van der Waals surface area contributed by atoms with E-state index < -0.39 is 17.1 Å². The lowest BCUT2D eigenvalue weighted by Gasteiger charge is -2.40. The van der Waals surface area contributed by atoms with E-state index in [-0.39, 0.29) is 25.0 Å². The van der Waals surface area contributed by atoms with E-state index >= 15 is 0 Å². The number of rotatable bonds is 5. The van der Waals surface area contributed by atoms with Gasteiger partial charge in [0.15, 0.2) is 0 Å². The van der Waals surface area contributed by atoms with Crippen LogP contribution in [-0.4, -0.2) is 55.5 Å². The molecule has 0 unspecified atom stereocenters. The first-order valence-corrected chi connectivity index (χ1v) is 8.18. The molecule has 1 saturated heterocycles. The molecule has 24 heavy (non-hydrogen) atoms. The molecule has 1 heterocycles. The highest BCUT2D eigenvalue weighted by Gasteiger charge is 2.45. The molecule has 7 heteroatoms. The second-order valence-corrected chi connectivity index (χ2v) is 7.20. The number of hydrogen-bond donors (Lipinski definition) is 0. The molecule has 1 rings (SSSR count). The van der Waals surface area contributed by atoms with Gasteiger partial charge >= 0.3 is 12.1 Å². The summed E-state index contributed by atoms with van der Waals surface area (Å²) in [5.41, 5.74) is -1.48. The van der Waals surface area contributed by atoms with Crippen molar-refractivity contribution in [1.82, 2.24) is 4.90 Å². The first-order valence-electron chi connectivity index (χ1n) is 8.18.